The Balaban J connectivity index is 1.03. The standard InChI is InChI=1S/C40H46N6O6S/c1-27-6-12-32(13-7-27)53(49,50)46-19-16-33-35(26-43(4)40(48)38(33)46)34-25-41-37(24-36(34)51-5)45-17-14-30(15-18-45)29-8-10-31(11-9-29)52-23-22-44-21-20-42(3)39(47)28(44)2/h6-13,16,19,24-26,28,30H,14-15,17-18,20-23H2,1-5H3/t28-/m1/s1. The lowest BCUT2D eigenvalue weighted by Gasteiger charge is -2.37. The van der Waals surface area contributed by atoms with Crippen molar-refractivity contribution in [1.29, 1.82) is 0 Å². The molecule has 5 heterocycles. The first kappa shape index (κ1) is 36.2. The number of fused-ring (bicyclic) bond motifs is 1. The Kier molecular flexibility index (Phi) is 10.1. The summed E-state index contributed by atoms with van der Waals surface area (Å²) in [6.07, 6.45) is 6.80. The molecule has 53 heavy (non-hydrogen) atoms. The molecule has 13 heteroatoms. The van der Waals surface area contributed by atoms with Crippen LogP contribution in [0.4, 0.5) is 5.82 Å². The molecule has 7 rings (SSSR count). The molecule has 2 saturated heterocycles. The van der Waals surface area contributed by atoms with Gasteiger partial charge in [-0.05, 0) is 68.5 Å². The van der Waals surface area contributed by atoms with Crippen molar-refractivity contribution in [3.8, 4) is 22.6 Å². The number of anilines is 1. The molecular weight excluding hydrogens is 693 g/mol. The van der Waals surface area contributed by atoms with Crippen molar-refractivity contribution in [2.75, 3.05) is 58.4 Å². The molecule has 0 radical (unpaired) electrons. The number of aromatic nitrogens is 3. The summed E-state index contributed by atoms with van der Waals surface area (Å²) >= 11 is 0. The summed E-state index contributed by atoms with van der Waals surface area (Å²) in [4.78, 5) is 36.9. The number of carbonyl (C=O) groups excluding carboxylic acids is 1. The number of methoxy groups -OCH3 is 1. The average Bonchev–Trinajstić information content (AvgIpc) is 3.63. The second kappa shape index (κ2) is 14.7. The van der Waals surface area contributed by atoms with Gasteiger partial charge in [0.25, 0.3) is 15.6 Å². The number of likely N-dealkylation sites (N-methyl/N-ethyl adjacent to an activating group) is 1. The first-order valence-electron chi connectivity index (χ1n) is 18.0. The van der Waals surface area contributed by atoms with Crippen molar-refractivity contribution >= 4 is 32.7 Å². The van der Waals surface area contributed by atoms with Crippen molar-refractivity contribution in [2.24, 2.45) is 7.05 Å². The Morgan fingerprint density at radius 1 is 0.906 bits per heavy atom. The van der Waals surface area contributed by atoms with Gasteiger partial charge >= 0.3 is 0 Å². The number of carbonyl (C=O) groups is 1. The molecule has 2 aromatic carbocycles. The Morgan fingerprint density at radius 2 is 1.62 bits per heavy atom. The fraction of sp³-hybridized carbons (Fsp3) is 0.375. The number of rotatable bonds is 10. The third-order valence-corrected chi connectivity index (χ3v) is 12.4. The first-order chi connectivity index (χ1) is 25.5. The predicted octanol–water partition coefficient (Wildman–Crippen LogP) is 4.88. The molecule has 2 fully saturated rings. The van der Waals surface area contributed by atoms with Crippen LogP contribution in [0.15, 0.2) is 88.9 Å². The number of amides is 1. The molecule has 2 aliphatic rings. The maximum Gasteiger partial charge on any atom is 0.275 e. The van der Waals surface area contributed by atoms with Crippen molar-refractivity contribution in [3.05, 3.63) is 101 Å². The highest BCUT2D eigenvalue weighted by Gasteiger charge is 2.29. The van der Waals surface area contributed by atoms with Crippen molar-refractivity contribution < 1.29 is 22.7 Å². The second-order valence-corrected chi connectivity index (χ2v) is 15.9. The van der Waals surface area contributed by atoms with Gasteiger partial charge in [-0.25, -0.2) is 17.4 Å². The highest BCUT2D eigenvalue weighted by molar-refractivity contribution is 7.90. The summed E-state index contributed by atoms with van der Waals surface area (Å²) in [6, 6.07) is 18.4. The molecule has 5 aromatic rings. The van der Waals surface area contributed by atoms with Gasteiger partial charge in [-0.3, -0.25) is 14.5 Å². The largest absolute Gasteiger partial charge is 0.496 e. The van der Waals surface area contributed by atoms with Crippen LogP contribution in [-0.4, -0.2) is 97.2 Å². The highest BCUT2D eigenvalue weighted by Crippen LogP contribution is 2.38. The Morgan fingerprint density at radius 3 is 2.32 bits per heavy atom. The van der Waals surface area contributed by atoms with E-state index in [1.54, 1.807) is 61.8 Å². The van der Waals surface area contributed by atoms with Crippen LogP contribution in [0.1, 0.15) is 36.8 Å². The number of piperidine rings is 1. The highest BCUT2D eigenvalue weighted by atomic mass is 32.2. The summed E-state index contributed by atoms with van der Waals surface area (Å²) in [6.45, 7) is 8.33. The quantitative estimate of drug-likeness (QED) is 0.198. The van der Waals surface area contributed by atoms with E-state index in [-0.39, 0.29) is 22.4 Å². The van der Waals surface area contributed by atoms with E-state index in [1.165, 1.54) is 16.3 Å². The maximum absolute atomic E-state index is 13.7. The summed E-state index contributed by atoms with van der Waals surface area (Å²) in [5.74, 6) is 2.78. The van der Waals surface area contributed by atoms with Gasteiger partial charge in [-0.2, -0.15) is 0 Å². The Labute approximate surface area is 310 Å². The first-order valence-corrected chi connectivity index (χ1v) is 19.4. The normalized spacial score (nSPS) is 17.5. The molecule has 0 unspecified atom stereocenters. The van der Waals surface area contributed by atoms with E-state index < -0.39 is 15.6 Å². The fourth-order valence-electron chi connectivity index (χ4n) is 7.46. The van der Waals surface area contributed by atoms with Gasteiger partial charge in [-0.15, -0.1) is 0 Å². The van der Waals surface area contributed by atoms with E-state index in [1.807, 2.05) is 39.1 Å². The average molecular weight is 739 g/mol. The van der Waals surface area contributed by atoms with E-state index in [0.717, 1.165) is 60.1 Å². The Hall–Kier alpha value is -5.14. The minimum atomic E-state index is -4.02. The summed E-state index contributed by atoms with van der Waals surface area (Å²) < 4.78 is 41.7. The van der Waals surface area contributed by atoms with E-state index in [9.17, 15) is 18.0 Å². The van der Waals surface area contributed by atoms with Gasteiger partial charge < -0.3 is 23.8 Å². The SMILES string of the molecule is COc1cc(N2CCC(c3ccc(OCCN4CCN(C)C(=O)[C@H]4C)cc3)CC2)ncc1-c1cn(C)c(=O)c2c1ccn2S(=O)(=O)c1ccc(C)cc1. The minimum absolute atomic E-state index is 0.0661. The van der Waals surface area contributed by atoms with Gasteiger partial charge in [-0.1, -0.05) is 29.8 Å². The van der Waals surface area contributed by atoms with Gasteiger partial charge in [0.05, 0.1) is 18.0 Å². The van der Waals surface area contributed by atoms with Crippen LogP contribution in [-0.2, 0) is 21.9 Å². The third kappa shape index (κ3) is 7.03. The van der Waals surface area contributed by atoms with Crippen LogP contribution < -0.4 is 19.9 Å². The molecule has 3 aromatic heterocycles. The molecular formula is C40H46N6O6S. The van der Waals surface area contributed by atoms with Crippen molar-refractivity contribution in [2.45, 2.75) is 43.5 Å². The zero-order valence-corrected chi connectivity index (χ0v) is 31.7. The zero-order chi connectivity index (χ0) is 37.4. The van der Waals surface area contributed by atoms with Crippen molar-refractivity contribution in [1.82, 2.24) is 23.3 Å². The molecule has 12 nitrogen and oxygen atoms in total. The molecule has 1 amide bonds. The molecule has 0 spiro atoms. The third-order valence-electron chi connectivity index (χ3n) is 10.7. The number of piperazine rings is 1. The van der Waals surface area contributed by atoms with E-state index >= 15 is 0 Å². The molecule has 2 aliphatic heterocycles. The number of pyridine rings is 2. The number of nitrogens with zero attached hydrogens (tertiary/aromatic N) is 6. The van der Waals surface area contributed by atoms with E-state index in [4.69, 9.17) is 14.5 Å². The Bertz CT molecular complexity index is 2290. The smallest absolute Gasteiger partial charge is 0.275 e. The maximum atomic E-state index is 13.7. The molecule has 0 bridgehead atoms. The number of hydrogen-bond acceptors (Lipinski definition) is 9. The summed E-state index contributed by atoms with van der Waals surface area (Å²) in [7, 11) is 1.04. The number of ether oxygens (including phenoxy) is 2. The molecule has 0 N–H and O–H groups in total. The van der Waals surface area contributed by atoms with Gasteiger partial charge in [0.2, 0.25) is 5.91 Å². The van der Waals surface area contributed by atoms with E-state index in [2.05, 4.69) is 21.9 Å². The van der Waals surface area contributed by atoms with Crippen LogP contribution in [0.25, 0.3) is 22.0 Å². The van der Waals surface area contributed by atoms with Crippen LogP contribution >= 0.6 is 0 Å². The molecule has 1 atom stereocenters. The zero-order valence-electron chi connectivity index (χ0n) is 30.9. The summed E-state index contributed by atoms with van der Waals surface area (Å²) in [5, 5.41) is 0.495. The lowest BCUT2D eigenvalue weighted by Crippen LogP contribution is -2.55. The lowest BCUT2D eigenvalue weighted by molar-refractivity contribution is -0.139. The monoisotopic (exact) mass is 738 g/mol. The summed E-state index contributed by atoms with van der Waals surface area (Å²) in [5.41, 5.74) is 3.17. The topological polar surface area (TPSA) is 119 Å². The van der Waals surface area contributed by atoms with Gasteiger partial charge in [0, 0.05) is 88.0 Å². The van der Waals surface area contributed by atoms with Crippen LogP contribution in [0.2, 0.25) is 0 Å². The van der Waals surface area contributed by atoms with Gasteiger partial charge in [0.1, 0.15) is 29.4 Å². The van der Waals surface area contributed by atoms with Crippen molar-refractivity contribution in [3.63, 3.8) is 0 Å². The number of benzene rings is 2. The molecule has 0 saturated carbocycles. The van der Waals surface area contributed by atoms with Crippen LogP contribution in [0.5, 0.6) is 11.5 Å². The minimum Gasteiger partial charge on any atom is -0.496 e. The second-order valence-electron chi connectivity index (χ2n) is 14.0. The fourth-order valence-corrected chi connectivity index (χ4v) is 8.81. The van der Waals surface area contributed by atoms with Crippen LogP contribution in [0, 0.1) is 6.92 Å². The lowest BCUT2D eigenvalue weighted by atomic mass is 9.89. The van der Waals surface area contributed by atoms with Gasteiger partial charge in [0.15, 0.2) is 0 Å². The van der Waals surface area contributed by atoms with Crippen LogP contribution in [0.3, 0.4) is 0 Å². The predicted molar refractivity (Wildman–Crippen MR) is 206 cm³/mol. The molecule has 278 valence electrons. The van der Waals surface area contributed by atoms with E-state index in [0.29, 0.717) is 41.3 Å². The molecule has 0 aliphatic carbocycles. The number of aryl methyl sites for hydroxylation is 2. The number of hydrogen-bond donors (Lipinski definition) is 0.